The predicted octanol–water partition coefficient (Wildman–Crippen LogP) is 3.35. The SMILES string of the molecule is Cc1cccc(S(=O)(=O)NC2CCCc3ccccc32)c1. The number of nitrogens with one attached hydrogen (secondary N) is 1. The van der Waals surface area contributed by atoms with Gasteiger partial charge in [-0.3, -0.25) is 0 Å². The highest BCUT2D eigenvalue weighted by molar-refractivity contribution is 7.89. The van der Waals surface area contributed by atoms with Gasteiger partial charge in [0.15, 0.2) is 0 Å². The quantitative estimate of drug-likeness (QED) is 0.945. The number of sulfonamides is 1. The molecule has 0 saturated carbocycles. The lowest BCUT2D eigenvalue weighted by atomic mass is 9.88. The molecule has 1 aliphatic rings. The number of hydrogen-bond donors (Lipinski definition) is 1. The molecule has 0 bridgehead atoms. The topological polar surface area (TPSA) is 46.2 Å². The summed E-state index contributed by atoms with van der Waals surface area (Å²) < 4.78 is 28.0. The van der Waals surface area contributed by atoms with Crippen LogP contribution in [0.4, 0.5) is 0 Å². The average Bonchev–Trinajstić information content (AvgIpc) is 2.47. The molecule has 2 aromatic rings. The van der Waals surface area contributed by atoms with Crippen LogP contribution in [0.15, 0.2) is 53.4 Å². The second kappa shape index (κ2) is 5.62. The van der Waals surface area contributed by atoms with E-state index in [2.05, 4.69) is 10.8 Å². The Morgan fingerprint density at radius 1 is 1.10 bits per heavy atom. The van der Waals surface area contributed by atoms with E-state index in [0.717, 1.165) is 30.4 Å². The first-order valence-corrected chi connectivity index (χ1v) is 8.71. The van der Waals surface area contributed by atoms with E-state index in [-0.39, 0.29) is 6.04 Å². The molecule has 0 spiro atoms. The van der Waals surface area contributed by atoms with Crippen molar-refractivity contribution < 1.29 is 8.42 Å². The maximum Gasteiger partial charge on any atom is 0.241 e. The van der Waals surface area contributed by atoms with Crippen molar-refractivity contribution >= 4 is 10.0 Å². The summed E-state index contributed by atoms with van der Waals surface area (Å²) in [5, 5.41) is 0. The monoisotopic (exact) mass is 301 g/mol. The van der Waals surface area contributed by atoms with Crippen LogP contribution in [0, 0.1) is 6.92 Å². The fourth-order valence-corrected chi connectivity index (χ4v) is 4.27. The van der Waals surface area contributed by atoms with Gasteiger partial charge in [0.25, 0.3) is 0 Å². The van der Waals surface area contributed by atoms with Crippen LogP contribution in [0.5, 0.6) is 0 Å². The zero-order chi connectivity index (χ0) is 14.9. The Morgan fingerprint density at radius 2 is 1.90 bits per heavy atom. The zero-order valence-electron chi connectivity index (χ0n) is 12.0. The summed E-state index contributed by atoms with van der Waals surface area (Å²) in [6.07, 6.45) is 2.89. The van der Waals surface area contributed by atoms with Gasteiger partial charge < -0.3 is 0 Å². The number of benzene rings is 2. The van der Waals surface area contributed by atoms with Crippen LogP contribution >= 0.6 is 0 Å². The predicted molar refractivity (Wildman–Crippen MR) is 83.6 cm³/mol. The fourth-order valence-electron chi connectivity index (χ4n) is 2.91. The van der Waals surface area contributed by atoms with Crippen LogP contribution in [0.3, 0.4) is 0 Å². The van der Waals surface area contributed by atoms with E-state index in [4.69, 9.17) is 0 Å². The maximum absolute atomic E-state index is 12.6. The van der Waals surface area contributed by atoms with E-state index >= 15 is 0 Å². The van der Waals surface area contributed by atoms with Gasteiger partial charge in [0.2, 0.25) is 10.0 Å². The van der Waals surface area contributed by atoms with E-state index in [1.54, 1.807) is 18.2 Å². The molecule has 1 aliphatic carbocycles. The molecule has 21 heavy (non-hydrogen) atoms. The van der Waals surface area contributed by atoms with Crippen molar-refractivity contribution in [1.82, 2.24) is 4.72 Å². The van der Waals surface area contributed by atoms with Gasteiger partial charge in [-0.15, -0.1) is 0 Å². The average molecular weight is 301 g/mol. The first-order chi connectivity index (χ1) is 10.1. The van der Waals surface area contributed by atoms with E-state index in [0.29, 0.717) is 4.90 Å². The minimum atomic E-state index is -3.48. The highest BCUT2D eigenvalue weighted by atomic mass is 32.2. The molecular formula is C17H19NO2S. The van der Waals surface area contributed by atoms with Gasteiger partial charge in [0.05, 0.1) is 4.90 Å². The Morgan fingerprint density at radius 3 is 2.71 bits per heavy atom. The molecular weight excluding hydrogens is 282 g/mol. The van der Waals surface area contributed by atoms with E-state index < -0.39 is 10.0 Å². The van der Waals surface area contributed by atoms with Gasteiger partial charge >= 0.3 is 0 Å². The first-order valence-electron chi connectivity index (χ1n) is 7.23. The minimum Gasteiger partial charge on any atom is -0.207 e. The molecule has 0 fully saturated rings. The van der Waals surface area contributed by atoms with Crippen molar-refractivity contribution in [3.63, 3.8) is 0 Å². The van der Waals surface area contributed by atoms with Crippen LogP contribution < -0.4 is 4.72 Å². The van der Waals surface area contributed by atoms with Crippen molar-refractivity contribution in [1.29, 1.82) is 0 Å². The lowest BCUT2D eigenvalue weighted by Gasteiger charge is -2.26. The molecule has 110 valence electrons. The fraction of sp³-hybridized carbons (Fsp3) is 0.294. The van der Waals surface area contributed by atoms with Crippen molar-refractivity contribution in [2.75, 3.05) is 0 Å². The van der Waals surface area contributed by atoms with E-state index in [1.807, 2.05) is 31.2 Å². The molecule has 1 N–H and O–H groups in total. The molecule has 1 atom stereocenters. The second-order valence-electron chi connectivity index (χ2n) is 5.58. The molecule has 3 nitrogen and oxygen atoms in total. The summed E-state index contributed by atoms with van der Waals surface area (Å²) in [6.45, 7) is 1.90. The zero-order valence-corrected chi connectivity index (χ0v) is 12.9. The van der Waals surface area contributed by atoms with Gasteiger partial charge in [0, 0.05) is 6.04 Å². The molecule has 0 heterocycles. The third-order valence-electron chi connectivity index (χ3n) is 3.97. The molecule has 0 aromatic heterocycles. The van der Waals surface area contributed by atoms with Gasteiger partial charge in [0.1, 0.15) is 0 Å². The van der Waals surface area contributed by atoms with Gasteiger partial charge in [-0.1, -0.05) is 36.4 Å². The Kier molecular flexibility index (Phi) is 3.83. The first kappa shape index (κ1) is 14.3. The Balaban J connectivity index is 1.90. The number of fused-ring (bicyclic) bond motifs is 1. The van der Waals surface area contributed by atoms with E-state index in [1.165, 1.54) is 5.56 Å². The molecule has 0 aliphatic heterocycles. The molecule has 4 heteroatoms. The molecule has 2 aromatic carbocycles. The molecule has 1 unspecified atom stereocenters. The summed E-state index contributed by atoms with van der Waals surface area (Å²) in [6, 6.07) is 15.0. The minimum absolute atomic E-state index is 0.125. The number of rotatable bonds is 3. The van der Waals surface area contributed by atoms with Crippen LogP contribution in [0.1, 0.15) is 35.6 Å². The maximum atomic E-state index is 12.6. The van der Waals surface area contributed by atoms with Crippen LogP contribution in [0.25, 0.3) is 0 Å². The van der Waals surface area contributed by atoms with Gasteiger partial charge in [-0.05, 0) is 55.0 Å². The molecule has 0 radical (unpaired) electrons. The normalized spacial score (nSPS) is 18.2. The summed E-state index contributed by atoms with van der Waals surface area (Å²) in [5.74, 6) is 0. The molecule has 0 amide bonds. The van der Waals surface area contributed by atoms with Crippen LogP contribution in [-0.4, -0.2) is 8.42 Å². The van der Waals surface area contributed by atoms with E-state index in [9.17, 15) is 8.42 Å². The number of hydrogen-bond acceptors (Lipinski definition) is 2. The third-order valence-corrected chi connectivity index (χ3v) is 5.44. The molecule has 3 rings (SSSR count). The van der Waals surface area contributed by atoms with Crippen molar-refractivity contribution in [3.8, 4) is 0 Å². The van der Waals surface area contributed by atoms with Crippen molar-refractivity contribution in [3.05, 3.63) is 65.2 Å². The smallest absolute Gasteiger partial charge is 0.207 e. The third kappa shape index (κ3) is 3.01. The summed E-state index contributed by atoms with van der Waals surface area (Å²) in [4.78, 5) is 0.338. The summed E-state index contributed by atoms with van der Waals surface area (Å²) in [7, 11) is -3.48. The second-order valence-corrected chi connectivity index (χ2v) is 7.30. The molecule has 0 saturated heterocycles. The summed E-state index contributed by atoms with van der Waals surface area (Å²) >= 11 is 0. The van der Waals surface area contributed by atoms with Crippen LogP contribution in [-0.2, 0) is 16.4 Å². The standard InChI is InChI=1S/C17H19NO2S/c1-13-6-4-9-15(12-13)21(19,20)18-17-11-5-8-14-7-2-3-10-16(14)17/h2-4,6-7,9-10,12,17-18H,5,8,11H2,1H3. The van der Waals surface area contributed by atoms with Crippen molar-refractivity contribution in [2.45, 2.75) is 37.1 Å². The van der Waals surface area contributed by atoms with Gasteiger partial charge in [-0.25, -0.2) is 13.1 Å². The lowest BCUT2D eigenvalue weighted by molar-refractivity contribution is 0.507. The largest absolute Gasteiger partial charge is 0.241 e. The lowest BCUT2D eigenvalue weighted by Crippen LogP contribution is -2.31. The van der Waals surface area contributed by atoms with Crippen molar-refractivity contribution in [2.24, 2.45) is 0 Å². The highest BCUT2D eigenvalue weighted by Crippen LogP contribution is 2.30. The van der Waals surface area contributed by atoms with Gasteiger partial charge in [-0.2, -0.15) is 0 Å². The Hall–Kier alpha value is -1.65. The Labute approximate surface area is 126 Å². The highest BCUT2D eigenvalue weighted by Gasteiger charge is 2.25. The summed E-state index contributed by atoms with van der Waals surface area (Å²) in [5.41, 5.74) is 3.31. The Bertz CT molecular complexity index is 753. The number of aryl methyl sites for hydroxylation is 2. The van der Waals surface area contributed by atoms with Crippen LogP contribution in [0.2, 0.25) is 0 Å².